The number of aliphatic carboxylic acids is 1. The number of hydrogen-bond acceptors (Lipinski definition) is 2. The summed E-state index contributed by atoms with van der Waals surface area (Å²) in [5.41, 5.74) is -0.515. The van der Waals surface area contributed by atoms with E-state index in [0.717, 1.165) is 0 Å². The zero-order chi connectivity index (χ0) is 14.4. The molecule has 1 saturated heterocycles. The van der Waals surface area contributed by atoms with Gasteiger partial charge in [-0.25, -0.2) is 0 Å². The summed E-state index contributed by atoms with van der Waals surface area (Å²) in [7, 11) is 1.65. The van der Waals surface area contributed by atoms with Gasteiger partial charge in [0.05, 0.1) is 10.4 Å². The lowest BCUT2D eigenvalue weighted by Crippen LogP contribution is -2.35. The largest absolute Gasteiger partial charge is 0.481 e. The van der Waals surface area contributed by atoms with E-state index in [9.17, 15) is 9.59 Å². The Kier molecular flexibility index (Phi) is 3.53. The molecule has 0 radical (unpaired) electrons. The Hall–Kier alpha value is -1.20. The molecule has 1 aliphatic rings. The highest BCUT2D eigenvalue weighted by molar-refractivity contribution is 6.41. The van der Waals surface area contributed by atoms with E-state index in [-0.39, 0.29) is 12.5 Å². The third-order valence-corrected chi connectivity index (χ3v) is 4.45. The molecule has 0 saturated carbocycles. The summed E-state index contributed by atoms with van der Waals surface area (Å²) < 4.78 is 1.50. The van der Waals surface area contributed by atoms with Gasteiger partial charge in [0.2, 0.25) is 0 Å². The number of amides is 1. The highest BCUT2D eigenvalue weighted by atomic mass is 35.5. The van der Waals surface area contributed by atoms with E-state index in [4.69, 9.17) is 28.3 Å². The number of carboxylic acid groups (broad SMARTS) is 1. The van der Waals surface area contributed by atoms with Crippen LogP contribution in [0.3, 0.4) is 0 Å². The first kappa shape index (κ1) is 14.2. The minimum atomic E-state index is -0.884. The van der Waals surface area contributed by atoms with E-state index in [2.05, 4.69) is 0 Å². The Bertz CT molecular complexity index is 555. The Morgan fingerprint density at radius 2 is 2.05 bits per heavy atom. The fourth-order valence-electron chi connectivity index (χ4n) is 2.22. The van der Waals surface area contributed by atoms with Crippen molar-refractivity contribution >= 4 is 35.1 Å². The van der Waals surface area contributed by atoms with Gasteiger partial charge in [-0.1, -0.05) is 23.2 Å². The van der Waals surface area contributed by atoms with Gasteiger partial charge in [0, 0.05) is 20.1 Å². The maximum atomic E-state index is 12.3. The summed E-state index contributed by atoms with van der Waals surface area (Å²) in [6.07, 6.45) is 0.444. The van der Waals surface area contributed by atoms with E-state index >= 15 is 0 Å². The lowest BCUT2D eigenvalue weighted by molar-refractivity contribution is -0.147. The first-order valence-corrected chi connectivity index (χ1v) is 6.55. The molecule has 1 fully saturated rings. The summed E-state index contributed by atoms with van der Waals surface area (Å²) in [5.74, 6) is -1.13. The third-order valence-electron chi connectivity index (χ3n) is 3.61. The lowest BCUT2D eigenvalue weighted by atomic mass is 9.90. The van der Waals surface area contributed by atoms with Crippen LogP contribution in [-0.2, 0) is 11.8 Å². The maximum absolute atomic E-state index is 12.3. The number of rotatable bonds is 2. The van der Waals surface area contributed by atoms with Crippen LogP contribution in [0.2, 0.25) is 10.2 Å². The molecule has 1 amide bonds. The molecule has 0 bridgehead atoms. The van der Waals surface area contributed by atoms with Crippen LogP contribution < -0.4 is 0 Å². The zero-order valence-electron chi connectivity index (χ0n) is 10.6. The van der Waals surface area contributed by atoms with Crippen molar-refractivity contribution < 1.29 is 14.7 Å². The minimum Gasteiger partial charge on any atom is -0.481 e. The normalized spacial score (nSPS) is 22.8. The molecule has 0 aliphatic carbocycles. The van der Waals surface area contributed by atoms with Crippen molar-refractivity contribution in [2.75, 3.05) is 13.1 Å². The summed E-state index contributed by atoms with van der Waals surface area (Å²) >= 11 is 11.8. The van der Waals surface area contributed by atoms with Crippen molar-refractivity contribution in [2.45, 2.75) is 13.3 Å². The number of hydrogen-bond donors (Lipinski definition) is 1. The average molecular weight is 305 g/mol. The van der Waals surface area contributed by atoms with Gasteiger partial charge in [-0.15, -0.1) is 0 Å². The second kappa shape index (κ2) is 4.72. The Morgan fingerprint density at radius 1 is 1.42 bits per heavy atom. The van der Waals surface area contributed by atoms with Crippen LogP contribution in [-0.4, -0.2) is 39.5 Å². The number of likely N-dealkylation sites (tertiary alicyclic amines) is 1. The van der Waals surface area contributed by atoms with Gasteiger partial charge < -0.3 is 14.6 Å². The van der Waals surface area contributed by atoms with E-state index in [0.29, 0.717) is 28.8 Å². The molecule has 2 heterocycles. The molecule has 2 rings (SSSR count). The van der Waals surface area contributed by atoms with Gasteiger partial charge in [-0.2, -0.15) is 0 Å². The van der Waals surface area contributed by atoms with Crippen LogP contribution in [0.4, 0.5) is 0 Å². The average Bonchev–Trinajstić information content (AvgIpc) is 2.86. The summed E-state index contributed by atoms with van der Waals surface area (Å²) in [6, 6.07) is 1.50. The summed E-state index contributed by atoms with van der Waals surface area (Å²) in [5, 5.41) is 9.77. The van der Waals surface area contributed by atoms with E-state index in [1.165, 1.54) is 15.5 Å². The molecule has 1 N–H and O–H groups in total. The highest BCUT2D eigenvalue weighted by Crippen LogP contribution is 2.32. The maximum Gasteiger partial charge on any atom is 0.311 e. The number of carboxylic acids is 1. The molecule has 7 heteroatoms. The van der Waals surface area contributed by atoms with E-state index < -0.39 is 11.4 Å². The molecule has 0 spiro atoms. The van der Waals surface area contributed by atoms with Crippen molar-refractivity contribution in [2.24, 2.45) is 12.5 Å². The standard InChI is InChI=1S/C12H14Cl2N2O3/c1-12(11(18)19)3-4-16(6-12)10(17)8-5-7(13)9(14)15(8)2/h5H,3-4,6H2,1-2H3,(H,18,19). The SMILES string of the molecule is Cn1c(C(=O)N2CCC(C)(C(=O)O)C2)cc(Cl)c1Cl. The second-order valence-electron chi connectivity index (χ2n) is 5.07. The molecule has 5 nitrogen and oxygen atoms in total. The first-order chi connectivity index (χ1) is 8.76. The minimum absolute atomic E-state index is 0.196. The van der Waals surface area contributed by atoms with Gasteiger partial charge in [-0.05, 0) is 19.4 Å². The molecule has 104 valence electrons. The molecule has 1 aliphatic heterocycles. The van der Waals surface area contributed by atoms with Crippen molar-refractivity contribution in [1.82, 2.24) is 9.47 Å². The van der Waals surface area contributed by atoms with E-state index in [1.54, 1.807) is 14.0 Å². The van der Waals surface area contributed by atoms with Crippen LogP contribution in [0.15, 0.2) is 6.07 Å². The number of carbonyl (C=O) groups is 2. The third kappa shape index (κ3) is 2.32. The topological polar surface area (TPSA) is 62.5 Å². The molecule has 0 aromatic carbocycles. The fourth-order valence-corrected chi connectivity index (χ4v) is 2.59. The predicted octanol–water partition coefficient (Wildman–Crippen LogP) is 2.27. The number of aromatic nitrogens is 1. The van der Waals surface area contributed by atoms with Gasteiger partial charge in [0.1, 0.15) is 10.8 Å². The van der Waals surface area contributed by atoms with Crippen LogP contribution in [0, 0.1) is 5.41 Å². The second-order valence-corrected chi connectivity index (χ2v) is 5.84. The fraction of sp³-hybridized carbons (Fsp3) is 0.500. The monoisotopic (exact) mass is 304 g/mol. The number of halogens is 2. The zero-order valence-corrected chi connectivity index (χ0v) is 12.1. The van der Waals surface area contributed by atoms with Crippen molar-refractivity contribution in [3.63, 3.8) is 0 Å². The quantitative estimate of drug-likeness (QED) is 0.911. The van der Waals surface area contributed by atoms with Gasteiger partial charge in [0.25, 0.3) is 5.91 Å². The number of nitrogens with zero attached hydrogens (tertiary/aromatic N) is 2. The van der Waals surface area contributed by atoms with Crippen LogP contribution in [0.1, 0.15) is 23.8 Å². The lowest BCUT2D eigenvalue weighted by Gasteiger charge is -2.20. The van der Waals surface area contributed by atoms with Gasteiger partial charge in [-0.3, -0.25) is 9.59 Å². The first-order valence-electron chi connectivity index (χ1n) is 5.79. The molecule has 1 aromatic heterocycles. The molecule has 1 atom stereocenters. The van der Waals surface area contributed by atoms with Gasteiger partial charge >= 0.3 is 5.97 Å². The van der Waals surface area contributed by atoms with Crippen molar-refractivity contribution in [3.8, 4) is 0 Å². The molecule has 1 unspecified atom stereocenters. The van der Waals surface area contributed by atoms with Crippen LogP contribution in [0.25, 0.3) is 0 Å². The summed E-state index contributed by atoms with van der Waals surface area (Å²) in [6.45, 7) is 2.26. The van der Waals surface area contributed by atoms with Gasteiger partial charge in [0.15, 0.2) is 0 Å². The van der Waals surface area contributed by atoms with Crippen LogP contribution >= 0.6 is 23.2 Å². The molecular weight excluding hydrogens is 291 g/mol. The Morgan fingerprint density at radius 3 is 2.47 bits per heavy atom. The van der Waals surface area contributed by atoms with Crippen molar-refractivity contribution in [1.29, 1.82) is 0 Å². The predicted molar refractivity (Wildman–Crippen MR) is 71.7 cm³/mol. The smallest absolute Gasteiger partial charge is 0.311 e. The summed E-state index contributed by atoms with van der Waals surface area (Å²) in [4.78, 5) is 25.0. The Balaban J connectivity index is 2.23. The van der Waals surface area contributed by atoms with E-state index in [1.807, 2.05) is 0 Å². The molecular formula is C12H14Cl2N2O3. The number of carbonyl (C=O) groups excluding carboxylic acids is 1. The van der Waals surface area contributed by atoms with Crippen LogP contribution in [0.5, 0.6) is 0 Å². The highest BCUT2D eigenvalue weighted by Gasteiger charge is 2.42. The Labute approximate surface area is 120 Å². The molecule has 19 heavy (non-hydrogen) atoms. The molecule has 1 aromatic rings. The van der Waals surface area contributed by atoms with Crippen molar-refractivity contribution in [3.05, 3.63) is 21.9 Å².